The van der Waals surface area contributed by atoms with E-state index in [1.807, 2.05) is 30.3 Å². The highest BCUT2D eigenvalue weighted by Gasteiger charge is 2.30. The Bertz CT molecular complexity index is 739. The molecular weight excluding hydrogens is 306 g/mol. The van der Waals surface area contributed by atoms with Crippen LogP contribution in [0.4, 0.5) is 0 Å². The first-order valence-electron chi connectivity index (χ1n) is 7.40. The maximum absolute atomic E-state index is 12.0. The lowest BCUT2D eigenvalue weighted by atomic mass is 10.1. The van der Waals surface area contributed by atoms with Gasteiger partial charge in [-0.3, -0.25) is 4.79 Å². The standard InChI is InChI=1S/C18H17N3OS/c1-13-7-9-14(10-8-13)11-16-17(22)20-18(23-16)21-19-12-15-5-3-2-4-6-15/h2-10,12,16H,11H2,1H3,(H,20,21,22). The Kier molecular flexibility index (Phi) is 4.88. The minimum absolute atomic E-state index is 0.00997. The first kappa shape index (κ1) is 15.5. The van der Waals surface area contributed by atoms with Gasteiger partial charge in [-0.1, -0.05) is 71.9 Å². The lowest BCUT2D eigenvalue weighted by Gasteiger charge is -2.05. The third-order valence-corrected chi connectivity index (χ3v) is 4.55. The van der Waals surface area contributed by atoms with Gasteiger partial charge in [-0.2, -0.15) is 5.10 Å². The summed E-state index contributed by atoms with van der Waals surface area (Å²) in [6, 6.07) is 18.0. The van der Waals surface area contributed by atoms with Crippen molar-refractivity contribution in [3.05, 3.63) is 71.3 Å². The van der Waals surface area contributed by atoms with Crippen LogP contribution in [0.1, 0.15) is 16.7 Å². The molecule has 5 heteroatoms. The Hall–Kier alpha value is -2.40. The van der Waals surface area contributed by atoms with Gasteiger partial charge in [0.05, 0.1) is 11.5 Å². The average Bonchev–Trinajstić information content (AvgIpc) is 2.90. The second-order valence-corrected chi connectivity index (χ2v) is 6.54. The first-order valence-corrected chi connectivity index (χ1v) is 8.28. The average molecular weight is 323 g/mol. The molecule has 0 aromatic heterocycles. The normalized spacial score (nSPS) is 19.4. The van der Waals surface area contributed by atoms with Crippen LogP contribution in [0.3, 0.4) is 0 Å². The predicted molar refractivity (Wildman–Crippen MR) is 95.9 cm³/mol. The molecule has 0 saturated carbocycles. The molecule has 2 aromatic rings. The summed E-state index contributed by atoms with van der Waals surface area (Å²) in [5, 5.41) is 11.3. The van der Waals surface area contributed by atoms with Gasteiger partial charge in [0.25, 0.3) is 0 Å². The fraction of sp³-hybridized carbons (Fsp3) is 0.167. The van der Waals surface area contributed by atoms with Crippen molar-refractivity contribution in [2.24, 2.45) is 10.2 Å². The molecule has 4 nitrogen and oxygen atoms in total. The molecule has 1 aliphatic heterocycles. The highest BCUT2D eigenvalue weighted by molar-refractivity contribution is 8.15. The van der Waals surface area contributed by atoms with E-state index in [4.69, 9.17) is 0 Å². The van der Waals surface area contributed by atoms with Gasteiger partial charge < -0.3 is 5.32 Å². The number of carbonyl (C=O) groups is 1. The summed E-state index contributed by atoms with van der Waals surface area (Å²) < 4.78 is 0. The largest absolute Gasteiger partial charge is 0.303 e. The minimum Gasteiger partial charge on any atom is -0.303 e. The summed E-state index contributed by atoms with van der Waals surface area (Å²) in [6.45, 7) is 2.05. The molecule has 2 aromatic carbocycles. The molecule has 0 aliphatic carbocycles. The van der Waals surface area contributed by atoms with Crippen LogP contribution >= 0.6 is 11.8 Å². The van der Waals surface area contributed by atoms with Crippen LogP contribution in [0.15, 0.2) is 64.8 Å². The number of amides is 1. The van der Waals surface area contributed by atoms with E-state index in [9.17, 15) is 4.79 Å². The van der Waals surface area contributed by atoms with Gasteiger partial charge in [-0.25, -0.2) is 0 Å². The summed E-state index contributed by atoms with van der Waals surface area (Å²) in [5.41, 5.74) is 3.34. The number of hydrogen-bond acceptors (Lipinski definition) is 4. The Labute approximate surface area is 139 Å². The number of rotatable bonds is 4. The number of hydrogen-bond donors (Lipinski definition) is 1. The molecule has 1 atom stereocenters. The van der Waals surface area contributed by atoms with Gasteiger partial charge >= 0.3 is 0 Å². The first-order chi connectivity index (χ1) is 11.2. The minimum atomic E-state index is -0.150. The SMILES string of the molecule is Cc1ccc(CC2SC(=NN=Cc3ccccc3)NC2=O)cc1. The van der Waals surface area contributed by atoms with E-state index < -0.39 is 0 Å². The van der Waals surface area contributed by atoms with Gasteiger partial charge in [0.1, 0.15) is 0 Å². The fourth-order valence-electron chi connectivity index (χ4n) is 2.21. The molecule has 1 saturated heterocycles. The van der Waals surface area contributed by atoms with E-state index in [1.54, 1.807) is 6.21 Å². The second-order valence-electron chi connectivity index (χ2n) is 5.35. The van der Waals surface area contributed by atoms with Gasteiger partial charge in [0, 0.05) is 0 Å². The molecule has 23 heavy (non-hydrogen) atoms. The van der Waals surface area contributed by atoms with Crippen LogP contribution in [-0.4, -0.2) is 22.5 Å². The zero-order chi connectivity index (χ0) is 16.1. The van der Waals surface area contributed by atoms with Crippen molar-refractivity contribution in [1.29, 1.82) is 0 Å². The number of amidine groups is 1. The third kappa shape index (κ3) is 4.29. The topological polar surface area (TPSA) is 53.8 Å². The number of carbonyl (C=O) groups excluding carboxylic acids is 1. The molecule has 1 unspecified atom stereocenters. The number of aryl methyl sites for hydroxylation is 1. The van der Waals surface area contributed by atoms with Crippen LogP contribution in [0.5, 0.6) is 0 Å². The molecule has 0 spiro atoms. The van der Waals surface area contributed by atoms with Crippen LogP contribution in [0, 0.1) is 6.92 Å². The Morgan fingerprint density at radius 1 is 1.13 bits per heavy atom. The van der Waals surface area contributed by atoms with Crippen molar-refractivity contribution in [2.45, 2.75) is 18.6 Å². The van der Waals surface area contributed by atoms with Crippen LogP contribution in [0.25, 0.3) is 0 Å². The molecule has 3 rings (SSSR count). The second kappa shape index (κ2) is 7.24. The lowest BCUT2D eigenvalue weighted by molar-refractivity contribution is -0.118. The lowest BCUT2D eigenvalue weighted by Crippen LogP contribution is -2.25. The highest BCUT2D eigenvalue weighted by atomic mass is 32.2. The van der Waals surface area contributed by atoms with E-state index in [1.165, 1.54) is 17.3 Å². The van der Waals surface area contributed by atoms with Crippen LogP contribution in [-0.2, 0) is 11.2 Å². The molecular formula is C18H17N3OS. The molecule has 1 amide bonds. The van der Waals surface area contributed by atoms with E-state index in [-0.39, 0.29) is 11.2 Å². The Balaban J connectivity index is 1.61. The summed E-state index contributed by atoms with van der Waals surface area (Å²) in [5.74, 6) is -0.00997. The van der Waals surface area contributed by atoms with E-state index >= 15 is 0 Å². The molecule has 1 heterocycles. The zero-order valence-corrected chi connectivity index (χ0v) is 13.6. The van der Waals surface area contributed by atoms with Crippen LogP contribution < -0.4 is 5.32 Å². The van der Waals surface area contributed by atoms with Gasteiger partial charge in [0.2, 0.25) is 5.91 Å². The molecule has 1 aliphatic rings. The summed E-state index contributed by atoms with van der Waals surface area (Å²) in [6.07, 6.45) is 2.37. The number of nitrogens with zero attached hydrogens (tertiary/aromatic N) is 2. The molecule has 1 N–H and O–H groups in total. The summed E-state index contributed by atoms with van der Waals surface area (Å²) >= 11 is 1.43. The maximum atomic E-state index is 12.0. The third-order valence-electron chi connectivity index (χ3n) is 3.47. The van der Waals surface area contributed by atoms with E-state index in [0.29, 0.717) is 11.6 Å². The fourth-order valence-corrected chi connectivity index (χ4v) is 3.18. The van der Waals surface area contributed by atoms with Crippen molar-refractivity contribution in [1.82, 2.24) is 5.32 Å². The van der Waals surface area contributed by atoms with Crippen molar-refractivity contribution in [3.8, 4) is 0 Å². The number of thioether (sulfide) groups is 1. The molecule has 0 bridgehead atoms. The summed E-state index contributed by atoms with van der Waals surface area (Å²) in [4.78, 5) is 12.0. The summed E-state index contributed by atoms with van der Waals surface area (Å²) in [7, 11) is 0. The van der Waals surface area contributed by atoms with Crippen molar-refractivity contribution >= 4 is 29.1 Å². The number of benzene rings is 2. The van der Waals surface area contributed by atoms with Gasteiger partial charge in [-0.05, 0) is 24.5 Å². The smallest absolute Gasteiger partial charge is 0.239 e. The molecule has 1 fully saturated rings. The Morgan fingerprint density at radius 2 is 1.87 bits per heavy atom. The molecule has 116 valence electrons. The van der Waals surface area contributed by atoms with E-state index in [0.717, 1.165) is 11.1 Å². The van der Waals surface area contributed by atoms with Crippen molar-refractivity contribution < 1.29 is 4.79 Å². The van der Waals surface area contributed by atoms with Crippen molar-refractivity contribution in [3.63, 3.8) is 0 Å². The van der Waals surface area contributed by atoms with Gasteiger partial charge in [-0.15, -0.1) is 5.10 Å². The van der Waals surface area contributed by atoms with Gasteiger partial charge in [0.15, 0.2) is 5.17 Å². The highest BCUT2D eigenvalue weighted by Crippen LogP contribution is 2.23. The van der Waals surface area contributed by atoms with Crippen LogP contribution in [0.2, 0.25) is 0 Å². The zero-order valence-electron chi connectivity index (χ0n) is 12.8. The monoisotopic (exact) mass is 323 g/mol. The number of nitrogens with one attached hydrogen (secondary N) is 1. The predicted octanol–water partition coefficient (Wildman–Crippen LogP) is 3.16. The maximum Gasteiger partial charge on any atom is 0.239 e. The quantitative estimate of drug-likeness (QED) is 0.694. The molecule has 0 radical (unpaired) electrons. The van der Waals surface area contributed by atoms with Crippen molar-refractivity contribution in [2.75, 3.05) is 0 Å². The Morgan fingerprint density at radius 3 is 2.61 bits per heavy atom. The van der Waals surface area contributed by atoms with E-state index in [2.05, 4.69) is 46.7 Å².